The Bertz CT molecular complexity index is 852. The Balaban J connectivity index is 2.20. The lowest BCUT2D eigenvalue weighted by Gasteiger charge is -2.17. The van der Waals surface area contributed by atoms with E-state index in [-0.39, 0.29) is 13.2 Å². The van der Waals surface area contributed by atoms with Crippen molar-refractivity contribution in [3.8, 4) is 11.1 Å². The van der Waals surface area contributed by atoms with Crippen LogP contribution in [0.1, 0.15) is 11.5 Å². The van der Waals surface area contributed by atoms with Crippen LogP contribution in [0.15, 0.2) is 54.6 Å². The molecule has 2 rings (SSSR count). The third kappa shape index (κ3) is 6.95. The van der Waals surface area contributed by atoms with Crippen molar-refractivity contribution < 1.29 is 25.2 Å². The minimum absolute atomic E-state index is 0.195. The molecular weight excluding hydrogens is 364 g/mol. The van der Waals surface area contributed by atoms with Gasteiger partial charge >= 0.3 is 0 Å². The van der Waals surface area contributed by atoms with Gasteiger partial charge in [-0.3, -0.25) is 8.37 Å². The summed E-state index contributed by atoms with van der Waals surface area (Å²) in [5.74, 6) is -0.533. The van der Waals surface area contributed by atoms with Crippen LogP contribution >= 0.6 is 0 Å². The zero-order chi connectivity index (χ0) is 18.5. The first-order valence-electron chi connectivity index (χ1n) is 7.48. The van der Waals surface area contributed by atoms with E-state index < -0.39 is 26.2 Å². The second kappa shape index (κ2) is 8.09. The summed E-state index contributed by atoms with van der Waals surface area (Å²) in [5, 5.41) is 0. The molecule has 2 aromatic carbocycles. The fraction of sp³-hybridized carbons (Fsp3) is 0.294. The van der Waals surface area contributed by atoms with Gasteiger partial charge in [0.15, 0.2) is 0 Å². The molecule has 0 unspecified atom stereocenters. The van der Waals surface area contributed by atoms with Crippen LogP contribution < -0.4 is 0 Å². The Morgan fingerprint density at radius 2 is 1.16 bits per heavy atom. The molecule has 136 valence electrons. The molecule has 0 N–H and O–H groups in total. The summed E-state index contributed by atoms with van der Waals surface area (Å²) in [7, 11) is -7.27. The van der Waals surface area contributed by atoms with Gasteiger partial charge in [0, 0.05) is 5.92 Å². The average Bonchev–Trinajstić information content (AvgIpc) is 2.54. The molecule has 0 aliphatic carbocycles. The highest BCUT2D eigenvalue weighted by molar-refractivity contribution is 7.86. The maximum absolute atomic E-state index is 11.2. The molecule has 2 aromatic rings. The molecule has 0 aliphatic rings. The summed E-state index contributed by atoms with van der Waals surface area (Å²) >= 11 is 0. The molecule has 0 spiro atoms. The first kappa shape index (κ1) is 19.6. The molecular formula is C17H20O6S2. The Morgan fingerprint density at radius 3 is 1.60 bits per heavy atom. The molecule has 0 atom stereocenters. The van der Waals surface area contributed by atoms with E-state index in [1.54, 1.807) is 0 Å². The lowest BCUT2D eigenvalue weighted by atomic mass is 9.97. The molecule has 0 aromatic heterocycles. The quantitative estimate of drug-likeness (QED) is 0.650. The summed E-state index contributed by atoms with van der Waals surface area (Å²) in [4.78, 5) is 0. The highest BCUT2D eigenvalue weighted by Gasteiger charge is 2.18. The minimum Gasteiger partial charge on any atom is -0.270 e. The predicted molar refractivity (Wildman–Crippen MR) is 96.2 cm³/mol. The maximum atomic E-state index is 11.2. The highest BCUT2D eigenvalue weighted by atomic mass is 32.2. The third-order valence-corrected chi connectivity index (χ3v) is 4.58. The highest BCUT2D eigenvalue weighted by Crippen LogP contribution is 2.24. The summed E-state index contributed by atoms with van der Waals surface area (Å²) in [6.45, 7) is -0.391. The van der Waals surface area contributed by atoms with Gasteiger partial charge in [-0.25, -0.2) is 0 Å². The normalized spacial score (nSPS) is 12.4. The number of benzene rings is 2. The van der Waals surface area contributed by atoms with Gasteiger partial charge in [-0.05, 0) is 16.7 Å². The van der Waals surface area contributed by atoms with E-state index in [0.29, 0.717) is 0 Å². The molecule has 0 bridgehead atoms. The van der Waals surface area contributed by atoms with Gasteiger partial charge in [0.25, 0.3) is 20.2 Å². The molecule has 6 nitrogen and oxygen atoms in total. The van der Waals surface area contributed by atoms with Gasteiger partial charge in [-0.15, -0.1) is 0 Å². The smallest absolute Gasteiger partial charge is 0.264 e. The monoisotopic (exact) mass is 384 g/mol. The van der Waals surface area contributed by atoms with E-state index in [9.17, 15) is 16.8 Å². The maximum Gasteiger partial charge on any atom is 0.264 e. The summed E-state index contributed by atoms with van der Waals surface area (Å²) in [6, 6.07) is 17.2. The molecule has 0 heterocycles. The van der Waals surface area contributed by atoms with Crippen LogP contribution in [0.3, 0.4) is 0 Å². The predicted octanol–water partition coefficient (Wildman–Crippen LogP) is 2.39. The number of hydrogen-bond acceptors (Lipinski definition) is 6. The van der Waals surface area contributed by atoms with Crippen molar-refractivity contribution in [3.05, 3.63) is 60.2 Å². The third-order valence-electron chi connectivity index (χ3n) is 3.46. The van der Waals surface area contributed by atoms with Gasteiger partial charge in [-0.2, -0.15) is 16.8 Å². The van der Waals surface area contributed by atoms with E-state index in [1.165, 1.54) is 0 Å². The van der Waals surface area contributed by atoms with Gasteiger partial charge in [0.2, 0.25) is 0 Å². The van der Waals surface area contributed by atoms with Crippen LogP contribution in [0, 0.1) is 0 Å². The van der Waals surface area contributed by atoms with Crippen molar-refractivity contribution in [3.63, 3.8) is 0 Å². The van der Waals surface area contributed by atoms with E-state index in [4.69, 9.17) is 8.37 Å². The number of rotatable bonds is 8. The lowest BCUT2D eigenvalue weighted by Crippen LogP contribution is -2.19. The topological polar surface area (TPSA) is 86.7 Å². The minimum atomic E-state index is -3.64. The van der Waals surface area contributed by atoms with Crippen LogP contribution in [0.2, 0.25) is 0 Å². The zero-order valence-corrected chi connectivity index (χ0v) is 15.6. The van der Waals surface area contributed by atoms with Crippen molar-refractivity contribution >= 4 is 20.2 Å². The van der Waals surface area contributed by atoms with Gasteiger partial charge < -0.3 is 0 Å². The van der Waals surface area contributed by atoms with Crippen LogP contribution in [0.4, 0.5) is 0 Å². The van der Waals surface area contributed by atoms with Gasteiger partial charge in [0.05, 0.1) is 25.7 Å². The number of hydrogen-bond donors (Lipinski definition) is 0. The van der Waals surface area contributed by atoms with Crippen LogP contribution in [-0.4, -0.2) is 42.6 Å². The molecule has 0 aliphatic heterocycles. The van der Waals surface area contributed by atoms with Crippen molar-refractivity contribution in [2.24, 2.45) is 0 Å². The van der Waals surface area contributed by atoms with Crippen LogP contribution in [0.25, 0.3) is 11.1 Å². The molecule has 25 heavy (non-hydrogen) atoms. The van der Waals surface area contributed by atoms with Gasteiger partial charge in [0.1, 0.15) is 0 Å². The Labute approximate surface area is 148 Å². The van der Waals surface area contributed by atoms with Crippen molar-refractivity contribution in [1.82, 2.24) is 0 Å². The Hall–Kier alpha value is -1.74. The largest absolute Gasteiger partial charge is 0.270 e. The lowest BCUT2D eigenvalue weighted by molar-refractivity contribution is 0.229. The van der Waals surface area contributed by atoms with Gasteiger partial charge in [-0.1, -0.05) is 54.6 Å². The van der Waals surface area contributed by atoms with E-state index in [1.807, 2.05) is 54.6 Å². The second-order valence-corrected chi connectivity index (χ2v) is 8.95. The SMILES string of the molecule is CS(=O)(=O)OCC(COS(C)(=O)=O)c1ccc(-c2ccccc2)cc1. The summed E-state index contributed by atoms with van der Waals surface area (Å²) < 4.78 is 54.6. The molecule has 0 fully saturated rings. The first-order chi connectivity index (χ1) is 11.6. The fourth-order valence-electron chi connectivity index (χ4n) is 2.23. The Morgan fingerprint density at radius 1 is 0.720 bits per heavy atom. The van der Waals surface area contributed by atoms with Crippen LogP contribution in [0.5, 0.6) is 0 Å². The van der Waals surface area contributed by atoms with Crippen molar-refractivity contribution in [1.29, 1.82) is 0 Å². The molecule has 0 saturated heterocycles. The van der Waals surface area contributed by atoms with E-state index in [0.717, 1.165) is 29.2 Å². The first-order valence-corrected chi connectivity index (χ1v) is 11.1. The standard InChI is InChI=1S/C17H20O6S2/c1-24(18,19)22-12-17(13-23-25(2,20)21)16-10-8-15(9-11-16)14-6-4-3-5-7-14/h3-11,17H,12-13H2,1-2H3. The summed E-state index contributed by atoms with van der Waals surface area (Å²) in [6.07, 6.45) is 1.89. The zero-order valence-electron chi connectivity index (χ0n) is 14.0. The van der Waals surface area contributed by atoms with E-state index >= 15 is 0 Å². The Kier molecular flexibility index (Phi) is 6.34. The molecule has 8 heteroatoms. The molecule has 0 saturated carbocycles. The fourth-order valence-corrected chi connectivity index (χ4v) is 3.05. The molecule has 0 radical (unpaired) electrons. The summed E-state index contributed by atoms with van der Waals surface area (Å²) in [5.41, 5.74) is 2.77. The van der Waals surface area contributed by atoms with Crippen LogP contribution in [-0.2, 0) is 28.6 Å². The van der Waals surface area contributed by atoms with E-state index in [2.05, 4.69) is 0 Å². The van der Waals surface area contributed by atoms with Crippen molar-refractivity contribution in [2.75, 3.05) is 25.7 Å². The second-order valence-electron chi connectivity index (χ2n) is 5.66. The van der Waals surface area contributed by atoms with Crippen molar-refractivity contribution in [2.45, 2.75) is 5.92 Å². The average molecular weight is 384 g/mol. The molecule has 0 amide bonds.